The van der Waals surface area contributed by atoms with Crippen LogP contribution >= 0.6 is 0 Å². The third-order valence-corrected chi connectivity index (χ3v) is 4.26. The van der Waals surface area contributed by atoms with Crippen molar-refractivity contribution in [2.45, 2.75) is 45.1 Å². The van der Waals surface area contributed by atoms with Crippen LogP contribution in [0.4, 0.5) is 0 Å². The van der Waals surface area contributed by atoms with Crippen LogP contribution in [0.2, 0.25) is 0 Å². The van der Waals surface area contributed by atoms with Gasteiger partial charge in [-0.15, -0.1) is 0 Å². The molecule has 0 spiro atoms. The fourth-order valence-electron chi connectivity index (χ4n) is 2.98. The minimum absolute atomic E-state index is 0.569. The number of aromatic nitrogens is 1. The second-order valence-electron chi connectivity index (χ2n) is 5.78. The minimum atomic E-state index is 0.569. The monoisotopic (exact) mass is 260 g/mol. The highest BCUT2D eigenvalue weighted by atomic mass is 16.5. The number of hydrogen-bond donors (Lipinski definition) is 0. The molecule has 2 aliphatic heterocycles. The third-order valence-electron chi connectivity index (χ3n) is 4.26. The normalized spacial score (nSPS) is 23.5. The zero-order valence-electron chi connectivity index (χ0n) is 11.9. The summed E-state index contributed by atoms with van der Waals surface area (Å²) in [5.74, 6) is 0.569. The predicted octanol–water partition coefficient (Wildman–Crippen LogP) is 2.74. The molecule has 3 rings (SSSR count). The molecular weight excluding hydrogens is 236 g/mol. The Labute approximate surface area is 116 Å². The smallest absolute Gasteiger partial charge is 0.0582 e. The van der Waals surface area contributed by atoms with Crippen molar-refractivity contribution in [1.29, 1.82) is 0 Å². The first-order valence-corrected chi connectivity index (χ1v) is 7.65. The van der Waals surface area contributed by atoms with Crippen LogP contribution in [0.15, 0.2) is 12.1 Å². The molecule has 0 N–H and O–H groups in total. The van der Waals surface area contributed by atoms with E-state index < -0.39 is 0 Å². The van der Waals surface area contributed by atoms with Crippen LogP contribution in [0.5, 0.6) is 0 Å². The maximum atomic E-state index is 5.55. The van der Waals surface area contributed by atoms with Crippen LogP contribution in [-0.4, -0.2) is 36.2 Å². The maximum Gasteiger partial charge on any atom is 0.0582 e. The Hall–Kier alpha value is -0.930. The number of rotatable bonds is 5. The van der Waals surface area contributed by atoms with Gasteiger partial charge in [0, 0.05) is 24.8 Å². The van der Waals surface area contributed by atoms with E-state index in [-0.39, 0.29) is 0 Å². The molecule has 104 valence electrons. The van der Waals surface area contributed by atoms with Crippen molar-refractivity contribution in [1.82, 2.24) is 9.88 Å². The van der Waals surface area contributed by atoms with Gasteiger partial charge in [0.15, 0.2) is 0 Å². The van der Waals surface area contributed by atoms with Crippen molar-refractivity contribution in [2.24, 2.45) is 0 Å². The molecule has 19 heavy (non-hydrogen) atoms. The summed E-state index contributed by atoms with van der Waals surface area (Å²) in [6.45, 7) is 7.51. The summed E-state index contributed by atoms with van der Waals surface area (Å²) in [7, 11) is 0. The Morgan fingerprint density at radius 2 is 2.26 bits per heavy atom. The van der Waals surface area contributed by atoms with Crippen LogP contribution in [0.25, 0.3) is 0 Å². The lowest BCUT2D eigenvalue weighted by atomic mass is 9.95. The molecule has 1 aromatic rings. The molecule has 1 atom stereocenters. The van der Waals surface area contributed by atoms with E-state index in [2.05, 4.69) is 24.0 Å². The molecule has 1 unspecified atom stereocenters. The van der Waals surface area contributed by atoms with Crippen molar-refractivity contribution in [2.75, 3.05) is 26.3 Å². The highest BCUT2D eigenvalue weighted by Crippen LogP contribution is 2.29. The first-order chi connectivity index (χ1) is 9.36. The maximum absolute atomic E-state index is 5.55. The Morgan fingerprint density at radius 3 is 2.89 bits per heavy atom. The molecule has 0 aliphatic carbocycles. The molecule has 1 aromatic heterocycles. The molecule has 0 radical (unpaired) electrons. The van der Waals surface area contributed by atoms with Gasteiger partial charge < -0.3 is 4.74 Å². The molecule has 3 heterocycles. The SMILES string of the molecule is CCCc1ccc(C2CCOC2)c(CN2CCC2)n1. The van der Waals surface area contributed by atoms with Crippen molar-refractivity contribution in [3.8, 4) is 0 Å². The lowest BCUT2D eigenvalue weighted by Gasteiger charge is -2.31. The quantitative estimate of drug-likeness (QED) is 0.814. The molecule has 0 aromatic carbocycles. The van der Waals surface area contributed by atoms with Gasteiger partial charge in [-0.1, -0.05) is 19.4 Å². The summed E-state index contributed by atoms with van der Waals surface area (Å²) in [6, 6.07) is 4.53. The van der Waals surface area contributed by atoms with E-state index in [1.807, 2.05) is 0 Å². The predicted molar refractivity (Wildman–Crippen MR) is 76.3 cm³/mol. The summed E-state index contributed by atoms with van der Waals surface area (Å²) in [5, 5.41) is 0. The second-order valence-corrected chi connectivity index (χ2v) is 5.78. The Balaban J connectivity index is 1.82. The Bertz CT molecular complexity index is 423. The standard InChI is InChI=1S/C16H24N2O/c1-2-4-14-5-6-15(13-7-10-19-12-13)16(17-14)11-18-8-3-9-18/h5-6,13H,2-4,7-12H2,1H3. The molecule has 2 aliphatic rings. The summed E-state index contributed by atoms with van der Waals surface area (Å²) < 4.78 is 5.55. The molecule has 0 bridgehead atoms. The average Bonchev–Trinajstić information content (AvgIpc) is 2.88. The summed E-state index contributed by atoms with van der Waals surface area (Å²) >= 11 is 0. The zero-order valence-corrected chi connectivity index (χ0v) is 11.9. The van der Waals surface area contributed by atoms with Crippen molar-refractivity contribution >= 4 is 0 Å². The number of likely N-dealkylation sites (tertiary alicyclic amines) is 1. The van der Waals surface area contributed by atoms with E-state index in [0.29, 0.717) is 5.92 Å². The van der Waals surface area contributed by atoms with Crippen LogP contribution in [0, 0.1) is 0 Å². The van der Waals surface area contributed by atoms with E-state index in [1.54, 1.807) is 0 Å². The first kappa shape index (κ1) is 13.1. The summed E-state index contributed by atoms with van der Waals surface area (Å²) in [5.41, 5.74) is 3.99. The largest absolute Gasteiger partial charge is 0.381 e. The van der Waals surface area contributed by atoms with Gasteiger partial charge in [-0.25, -0.2) is 0 Å². The Kier molecular flexibility index (Phi) is 4.14. The van der Waals surface area contributed by atoms with Gasteiger partial charge in [0.2, 0.25) is 0 Å². The highest BCUT2D eigenvalue weighted by molar-refractivity contribution is 5.28. The van der Waals surface area contributed by atoms with Gasteiger partial charge in [0.1, 0.15) is 0 Å². The number of pyridine rings is 1. The summed E-state index contributed by atoms with van der Waals surface area (Å²) in [4.78, 5) is 7.43. The van der Waals surface area contributed by atoms with E-state index in [0.717, 1.165) is 32.6 Å². The number of aryl methyl sites for hydroxylation is 1. The average molecular weight is 260 g/mol. The van der Waals surface area contributed by atoms with Gasteiger partial charge >= 0.3 is 0 Å². The van der Waals surface area contributed by atoms with Gasteiger partial charge in [-0.3, -0.25) is 9.88 Å². The molecule has 0 saturated carbocycles. The van der Waals surface area contributed by atoms with Crippen LogP contribution in [0.3, 0.4) is 0 Å². The fourth-order valence-corrected chi connectivity index (χ4v) is 2.98. The van der Waals surface area contributed by atoms with Gasteiger partial charge in [0.05, 0.1) is 12.3 Å². The number of nitrogens with zero attached hydrogens (tertiary/aromatic N) is 2. The van der Waals surface area contributed by atoms with Crippen molar-refractivity contribution in [3.63, 3.8) is 0 Å². The van der Waals surface area contributed by atoms with Gasteiger partial charge in [-0.2, -0.15) is 0 Å². The number of hydrogen-bond acceptors (Lipinski definition) is 3. The third kappa shape index (κ3) is 2.98. The van der Waals surface area contributed by atoms with Crippen molar-refractivity contribution in [3.05, 3.63) is 29.1 Å². The van der Waals surface area contributed by atoms with Crippen molar-refractivity contribution < 1.29 is 4.74 Å². The molecule has 2 saturated heterocycles. The molecule has 3 heteroatoms. The number of ether oxygens (including phenoxy) is 1. The first-order valence-electron chi connectivity index (χ1n) is 7.65. The van der Waals surface area contributed by atoms with E-state index in [4.69, 9.17) is 9.72 Å². The van der Waals surface area contributed by atoms with Crippen LogP contribution < -0.4 is 0 Å². The minimum Gasteiger partial charge on any atom is -0.381 e. The molecular formula is C16H24N2O. The van der Waals surface area contributed by atoms with Crippen LogP contribution in [0.1, 0.15) is 49.1 Å². The topological polar surface area (TPSA) is 25.4 Å². The van der Waals surface area contributed by atoms with E-state index >= 15 is 0 Å². The van der Waals surface area contributed by atoms with E-state index in [9.17, 15) is 0 Å². The summed E-state index contributed by atoms with van der Waals surface area (Å²) in [6.07, 6.45) is 4.76. The van der Waals surface area contributed by atoms with Gasteiger partial charge in [0.25, 0.3) is 0 Å². The lowest BCUT2D eigenvalue weighted by molar-refractivity contribution is 0.169. The highest BCUT2D eigenvalue weighted by Gasteiger charge is 2.23. The molecule has 0 amide bonds. The lowest BCUT2D eigenvalue weighted by Crippen LogP contribution is -2.37. The Morgan fingerprint density at radius 1 is 1.37 bits per heavy atom. The molecule has 2 fully saturated rings. The fraction of sp³-hybridized carbons (Fsp3) is 0.688. The van der Waals surface area contributed by atoms with E-state index in [1.165, 1.54) is 42.9 Å². The van der Waals surface area contributed by atoms with Crippen LogP contribution in [-0.2, 0) is 17.7 Å². The molecule has 3 nitrogen and oxygen atoms in total. The van der Waals surface area contributed by atoms with Gasteiger partial charge in [-0.05, 0) is 44.0 Å². The zero-order chi connectivity index (χ0) is 13.1. The second kappa shape index (κ2) is 6.02.